The molecular weight excluding hydrogens is 184 g/mol. The highest BCUT2D eigenvalue weighted by molar-refractivity contribution is 7.99. The number of hydrogen-bond acceptors (Lipinski definition) is 2. The van der Waals surface area contributed by atoms with Crippen LogP contribution in [0.5, 0.6) is 0 Å². The van der Waals surface area contributed by atoms with Crippen molar-refractivity contribution in [3.8, 4) is 0 Å². The second-order valence-corrected chi connectivity index (χ2v) is 4.18. The van der Waals surface area contributed by atoms with E-state index >= 15 is 0 Å². The molecule has 12 heavy (non-hydrogen) atoms. The van der Waals surface area contributed by atoms with Crippen molar-refractivity contribution in [1.29, 1.82) is 0 Å². The van der Waals surface area contributed by atoms with Crippen molar-refractivity contribution in [3.63, 3.8) is 0 Å². The van der Waals surface area contributed by atoms with Crippen molar-refractivity contribution in [2.24, 2.45) is 0 Å². The first-order valence-electron chi connectivity index (χ1n) is 3.62. The first-order chi connectivity index (χ1) is 5.95. The second kappa shape index (κ2) is 3.78. The van der Waals surface area contributed by atoms with Crippen LogP contribution in [0.3, 0.4) is 0 Å². The molecule has 1 aromatic carbocycles. The minimum Gasteiger partial charge on any atom is -0.151 e. The SMILES string of the molecule is [c]1ccccc1Sc1ccsc1. The largest absolute Gasteiger partial charge is 0.151 e. The first-order valence-corrected chi connectivity index (χ1v) is 5.38. The zero-order valence-corrected chi connectivity index (χ0v) is 7.99. The Morgan fingerprint density at radius 2 is 2.25 bits per heavy atom. The molecule has 0 amide bonds. The summed E-state index contributed by atoms with van der Waals surface area (Å²) in [5.74, 6) is 0. The monoisotopic (exact) mass is 191 g/mol. The van der Waals surface area contributed by atoms with Crippen molar-refractivity contribution in [1.82, 2.24) is 0 Å². The van der Waals surface area contributed by atoms with E-state index in [0.717, 1.165) is 0 Å². The van der Waals surface area contributed by atoms with Crippen molar-refractivity contribution >= 4 is 23.1 Å². The number of benzene rings is 1. The van der Waals surface area contributed by atoms with Gasteiger partial charge in [0.1, 0.15) is 0 Å². The molecule has 2 rings (SSSR count). The molecule has 0 fully saturated rings. The standard InChI is InChI=1S/C10H7S2/c1-2-4-9(5-3-1)12-10-6-7-11-8-10/h1-4,6-8H. The Morgan fingerprint density at radius 1 is 1.25 bits per heavy atom. The first kappa shape index (κ1) is 7.90. The maximum atomic E-state index is 3.17. The van der Waals surface area contributed by atoms with Crippen molar-refractivity contribution in [2.75, 3.05) is 0 Å². The van der Waals surface area contributed by atoms with Gasteiger partial charge in [-0.3, -0.25) is 0 Å². The number of hydrogen-bond donors (Lipinski definition) is 0. The van der Waals surface area contributed by atoms with E-state index in [2.05, 4.69) is 29.0 Å². The van der Waals surface area contributed by atoms with Crippen LogP contribution in [-0.2, 0) is 0 Å². The fourth-order valence-electron chi connectivity index (χ4n) is 0.877. The quantitative estimate of drug-likeness (QED) is 0.697. The summed E-state index contributed by atoms with van der Waals surface area (Å²) in [6.45, 7) is 0. The third kappa shape index (κ3) is 1.90. The molecule has 0 atom stereocenters. The lowest BCUT2D eigenvalue weighted by Crippen LogP contribution is -1.67. The Hall–Kier alpha value is -0.730. The van der Waals surface area contributed by atoms with E-state index in [1.807, 2.05) is 18.2 Å². The molecule has 0 spiro atoms. The van der Waals surface area contributed by atoms with Gasteiger partial charge in [0.2, 0.25) is 0 Å². The third-order valence-corrected chi connectivity index (χ3v) is 3.20. The van der Waals surface area contributed by atoms with Gasteiger partial charge in [0.15, 0.2) is 0 Å². The normalized spacial score (nSPS) is 10.0. The van der Waals surface area contributed by atoms with Crippen LogP contribution in [0.2, 0.25) is 0 Å². The fourth-order valence-corrected chi connectivity index (χ4v) is 2.50. The Labute approximate surface area is 80.3 Å². The molecule has 0 aliphatic rings. The van der Waals surface area contributed by atoms with E-state index in [9.17, 15) is 0 Å². The topological polar surface area (TPSA) is 0 Å². The summed E-state index contributed by atoms with van der Waals surface area (Å²) in [6.07, 6.45) is 0. The fraction of sp³-hybridized carbons (Fsp3) is 0. The molecule has 0 N–H and O–H groups in total. The van der Waals surface area contributed by atoms with Gasteiger partial charge in [-0.05, 0) is 23.6 Å². The summed E-state index contributed by atoms with van der Waals surface area (Å²) in [4.78, 5) is 2.47. The van der Waals surface area contributed by atoms with Gasteiger partial charge in [0, 0.05) is 15.2 Å². The summed E-state index contributed by atoms with van der Waals surface area (Å²) in [5, 5.41) is 4.23. The van der Waals surface area contributed by atoms with Gasteiger partial charge in [-0.1, -0.05) is 30.0 Å². The van der Waals surface area contributed by atoms with Gasteiger partial charge in [-0.2, -0.15) is 11.3 Å². The molecular formula is C10H7S2. The minimum atomic E-state index is 1.18. The maximum absolute atomic E-state index is 3.17. The average molecular weight is 191 g/mol. The van der Waals surface area contributed by atoms with Crippen LogP contribution in [0, 0.1) is 6.07 Å². The lowest BCUT2D eigenvalue weighted by molar-refractivity contribution is 1.43. The highest BCUT2D eigenvalue weighted by atomic mass is 32.2. The molecule has 0 saturated carbocycles. The Bertz CT molecular complexity index is 324. The van der Waals surface area contributed by atoms with Crippen LogP contribution < -0.4 is 0 Å². The van der Waals surface area contributed by atoms with E-state index in [1.54, 1.807) is 23.1 Å². The lowest BCUT2D eigenvalue weighted by Gasteiger charge is -1.95. The van der Waals surface area contributed by atoms with Crippen LogP contribution in [0.15, 0.2) is 50.9 Å². The summed E-state index contributed by atoms with van der Waals surface area (Å²) in [6, 6.07) is 13.3. The van der Waals surface area contributed by atoms with Crippen LogP contribution in [0.25, 0.3) is 0 Å². The minimum absolute atomic E-state index is 1.18. The number of thiophene rings is 1. The van der Waals surface area contributed by atoms with Crippen LogP contribution in [0.4, 0.5) is 0 Å². The van der Waals surface area contributed by atoms with E-state index in [0.29, 0.717) is 0 Å². The Kier molecular flexibility index (Phi) is 2.49. The van der Waals surface area contributed by atoms with Gasteiger partial charge in [-0.15, -0.1) is 0 Å². The average Bonchev–Trinajstić information content (AvgIpc) is 2.59. The molecule has 0 aliphatic carbocycles. The van der Waals surface area contributed by atoms with E-state index < -0.39 is 0 Å². The van der Waals surface area contributed by atoms with Gasteiger partial charge in [0.05, 0.1) is 0 Å². The zero-order valence-electron chi connectivity index (χ0n) is 6.36. The summed E-state index contributed by atoms with van der Waals surface area (Å²) < 4.78 is 0. The molecule has 1 aromatic heterocycles. The highest BCUT2D eigenvalue weighted by Crippen LogP contribution is 2.28. The van der Waals surface area contributed by atoms with Crippen LogP contribution >= 0.6 is 23.1 Å². The van der Waals surface area contributed by atoms with E-state index in [4.69, 9.17) is 0 Å². The van der Waals surface area contributed by atoms with Gasteiger partial charge >= 0.3 is 0 Å². The van der Waals surface area contributed by atoms with Crippen LogP contribution in [-0.4, -0.2) is 0 Å². The van der Waals surface area contributed by atoms with E-state index in [-0.39, 0.29) is 0 Å². The predicted octanol–water partition coefficient (Wildman–Crippen LogP) is 3.70. The van der Waals surface area contributed by atoms with Crippen molar-refractivity contribution in [3.05, 3.63) is 47.2 Å². The maximum Gasteiger partial charge on any atom is 0.0229 e. The molecule has 0 bridgehead atoms. The lowest BCUT2D eigenvalue weighted by atomic mass is 10.4. The molecule has 1 radical (unpaired) electrons. The van der Waals surface area contributed by atoms with Gasteiger partial charge < -0.3 is 0 Å². The molecule has 0 aliphatic heterocycles. The Balaban J connectivity index is 2.15. The molecule has 2 heteroatoms. The molecule has 1 heterocycles. The van der Waals surface area contributed by atoms with Gasteiger partial charge in [-0.25, -0.2) is 0 Å². The molecule has 2 aromatic rings. The van der Waals surface area contributed by atoms with Crippen molar-refractivity contribution in [2.45, 2.75) is 9.79 Å². The molecule has 0 saturated heterocycles. The molecule has 0 nitrogen and oxygen atoms in total. The predicted molar refractivity (Wildman–Crippen MR) is 53.7 cm³/mol. The van der Waals surface area contributed by atoms with Gasteiger partial charge in [0.25, 0.3) is 0 Å². The Morgan fingerprint density at radius 3 is 2.92 bits per heavy atom. The third-order valence-electron chi connectivity index (χ3n) is 1.40. The summed E-state index contributed by atoms with van der Waals surface area (Å²) >= 11 is 3.47. The van der Waals surface area contributed by atoms with Crippen molar-refractivity contribution < 1.29 is 0 Å². The van der Waals surface area contributed by atoms with Crippen LogP contribution in [0.1, 0.15) is 0 Å². The molecule has 59 valence electrons. The number of rotatable bonds is 2. The second-order valence-electron chi connectivity index (χ2n) is 2.29. The molecule has 0 unspecified atom stereocenters. The zero-order chi connectivity index (χ0) is 8.23. The highest BCUT2D eigenvalue weighted by Gasteiger charge is 1.95. The smallest absolute Gasteiger partial charge is 0.0229 e. The van der Waals surface area contributed by atoms with E-state index in [1.165, 1.54) is 9.79 Å². The summed E-state index contributed by atoms with van der Waals surface area (Å²) in [5.41, 5.74) is 0. The summed E-state index contributed by atoms with van der Waals surface area (Å²) in [7, 11) is 0.